The molecule has 0 aliphatic heterocycles. The Kier molecular flexibility index (Phi) is 3.24. The highest BCUT2D eigenvalue weighted by molar-refractivity contribution is 7.98. The van der Waals surface area contributed by atoms with Gasteiger partial charge in [-0.05, 0) is 19.1 Å². The highest BCUT2D eigenvalue weighted by atomic mass is 32.2. The molecule has 0 bridgehead atoms. The van der Waals surface area contributed by atoms with Gasteiger partial charge in [-0.25, -0.2) is 9.97 Å². The van der Waals surface area contributed by atoms with Crippen LogP contribution in [-0.4, -0.2) is 22.3 Å². The normalized spacial score (nSPS) is 17.2. The van der Waals surface area contributed by atoms with Crippen LogP contribution in [0.15, 0.2) is 11.4 Å². The first-order chi connectivity index (χ1) is 6.88. The van der Waals surface area contributed by atoms with Crippen molar-refractivity contribution in [2.45, 2.75) is 36.9 Å². The Morgan fingerprint density at radius 1 is 1.50 bits per heavy atom. The van der Waals surface area contributed by atoms with Gasteiger partial charge in [0.15, 0.2) is 5.16 Å². The second-order valence-corrected chi connectivity index (χ2v) is 4.25. The van der Waals surface area contributed by atoms with Crippen LogP contribution in [0.2, 0.25) is 0 Å². The van der Waals surface area contributed by atoms with Crippen LogP contribution in [-0.2, 0) is 0 Å². The Labute approximate surface area is 88.7 Å². The SMILES string of the molecule is CSc1nc[c]c(NC2CCCC2)n1. The number of nitrogens with zero attached hydrogens (tertiary/aromatic N) is 2. The van der Waals surface area contributed by atoms with Crippen molar-refractivity contribution in [2.75, 3.05) is 11.6 Å². The molecule has 1 radical (unpaired) electrons. The van der Waals surface area contributed by atoms with Gasteiger partial charge in [0, 0.05) is 18.3 Å². The minimum Gasteiger partial charge on any atom is -0.367 e. The van der Waals surface area contributed by atoms with E-state index >= 15 is 0 Å². The fourth-order valence-corrected chi connectivity index (χ4v) is 2.08. The Morgan fingerprint density at radius 2 is 2.29 bits per heavy atom. The maximum absolute atomic E-state index is 4.34. The predicted octanol–water partition coefficient (Wildman–Crippen LogP) is 2.35. The minimum atomic E-state index is 0.593. The molecule has 0 unspecified atom stereocenters. The van der Waals surface area contributed by atoms with Crippen LogP contribution < -0.4 is 5.32 Å². The van der Waals surface area contributed by atoms with Crippen LogP contribution >= 0.6 is 11.8 Å². The zero-order valence-corrected chi connectivity index (χ0v) is 9.10. The molecule has 1 fully saturated rings. The summed E-state index contributed by atoms with van der Waals surface area (Å²) in [5.41, 5.74) is 0. The predicted molar refractivity (Wildman–Crippen MR) is 58.5 cm³/mol. The topological polar surface area (TPSA) is 37.8 Å². The average Bonchev–Trinajstić information content (AvgIpc) is 2.71. The molecular weight excluding hydrogens is 194 g/mol. The number of thioether (sulfide) groups is 1. The number of nitrogens with one attached hydrogen (secondary N) is 1. The summed E-state index contributed by atoms with van der Waals surface area (Å²) in [5.74, 6) is 0.844. The van der Waals surface area contributed by atoms with E-state index in [1.54, 1.807) is 18.0 Å². The van der Waals surface area contributed by atoms with Crippen molar-refractivity contribution in [2.24, 2.45) is 0 Å². The van der Waals surface area contributed by atoms with E-state index in [-0.39, 0.29) is 0 Å². The smallest absolute Gasteiger partial charge is 0.189 e. The lowest BCUT2D eigenvalue weighted by molar-refractivity contribution is 0.745. The zero-order chi connectivity index (χ0) is 9.80. The molecule has 1 aromatic heterocycles. The third kappa shape index (κ3) is 2.38. The van der Waals surface area contributed by atoms with E-state index in [1.165, 1.54) is 25.7 Å². The first kappa shape index (κ1) is 9.77. The second kappa shape index (κ2) is 4.64. The largest absolute Gasteiger partial charge is 0.367 e. The molecule has 14 heavy (non-hydrogen) atoms. The third-order valence-corrected chi connectivity index (χ3v) is 3.02. The molecule has 0 saturated heterocycles. The summed E-state index contributed by atoms with van der Waals surface area (Å²) in [5, 5.41) is 4.21. The van der Waals surface area contributed by atoms with Crippen molar-refractivity contribution in [3.8, 4) is 0 Å². The summed E-state index contributed by atoms with van der Waals surface area (Å²) in [6, 6.07) is 3.62. The molecule has 75 valence electrons. The Morgan fingerprint density at radius 3 is 3.00 bits per heavy atom. The van der Waals surface area contributed by atoms with E-state index < -0.39 is 0 Å². The standard InChI is InChI=1S/C10H14N3S/c1-14-10-11-7-6-9(13-10)12-8-4-2-3-5-8/h7-8H,2-5H2,1H3,(H,11,12,13). The van der Waals surface area contributed by atoms with Crippen LogP contribution in [0.4, 0.5) is 5.82 Å². The Bertz CT molecular complexity index is 297. The quantitative estimate of drug-likeness (QED) is 0.611. The van der Waals surface area contributed by atoms with Gasteiger partial charge in [0.25, 0.3) is 0 Å². The Balaban J connectivity index is 2.00. The van der Waals surface area contributed by atoms with Gasteiger partial charge < -0.3 is 5.32 Å². The molecule has 3 nitrogen and oxygen atoms in total. The van der Waals surface area contributed by atoms with E-state index in [0.29, 0.717) is 6.04 Å². The average molecular weight is 208 g/mol. The van der Waals surface area contributed by atoms with Crippen molar-refractivity contribution in [3.05, 3.63) is 12.3 Å². The monoisotopic (exact) mass is 208 g/mol. The molecule has 2 rings (SSSR count). The van der Waals surface area contributed by atoms with Gasteiger partial charge in [0.1, 0.15) is 5.82 Å². The van der Waals surface area contributed by atoms with Crippen LogP contribution in [0, 0.1) is 6.07 Å². The van der Waals surface area contributed by atoms with E-state index in [1.807, 2.05) is 6.26 Å². The molecular formula is C10H14N3S. The number of anilines is 1. The first-order valence-electron chi connectivity index (χ1n) is 4.94. The zero-order valence-electron chi connectivity index (χ0n) is 8.29. The van der Waals surface area contributed by atoms with Gasteiger partial charge >= 0.3 is 0 Å². The summed E-state index contributed by atoms with van der Waals surface area (Å²) in [6.45, 7) is 0. The van der Waals surface area contributed by atoms with Crippen molar-refractivity contribution < 1.29 is 0 Å². The molecule has 1 N–H and O–H groups in total. The number of hydrogen-bond donors (Lipinski definition) is 1. The number of aromatic nitrogens is 2. The van der Waals surface area contributed by atoms with Crippen LogP contribution in [0.5, 0.6) is 0 Å². The first-order valence-corrected chi connectivity index (χ1v) is 6.16. The molecule has 1 saturated carbocycles. The lowest BCUT2D eigenvalue weighted by Gasteiger charge is -2.11. The Hall–Kier alpha value is -0.770. The highest BCUT2D eigenvalue weighted by Crippen LogP contribution is 2.21. The lowest BCUT2D eigenvalue weighted by atomic mass is 10.2. The molecule has 0 atom stereocenters. The van der Waals surface area contributed by atoms with E-state index in [0.717, 1.165) is 11.0 Å². The molecule has 1 aromatic rings. The minimum absolute atomic E-state index is 0.593. The second-order valence-electron chi connectivity index (χ2n) is 3.48. The van der Waals surface area contributed by atoms with Crippen LogP contribution in [0.3, 0.4) is 0 Å². The summed E-state index contributed by atoms with van der Waals surface area (Å²) < 4.78 is 0. The van der Waals surface area contributed by atoms with E-state index in [9.17, 15) is 0 Å². The van der Waals surface area contributed by atoms with Crippen LogP contribution in [0.1, 0.15) is 25.7 Å². The third-order valence-electron chi connectivity index (χ3n) is 2.46. The molecule has 0 aromatic carbocycles. The molecule has 0 amide bonds. The van der Waals surface area contributed by atoms with Crippen molar-refractivity contribution >= 4 is 17.6 Å². The van der Waals surface area contributed by atoms with Gasteiger partial charge in [0.2, 0.25) is 0 Å². The highest BCUT2D eigenvalue weighted by Gasteiger charge is 2.14. The summed E-state index contributed by atoms with van der Waals surface area (Å²) in [4.78, 5) is 8.43. The van der Waals surface area contributed by atoms with E-state index in [4.69, 9.17) is 0 Å². The van der Waals surface area contributed by atoms with Gasteiger partial charge in [-0.2, -0.15) is 0 Å². The van der Waals surface area contributed by atoms with Crippen LogP contribution in [0.25, 0.3) is 0 Å². The molecule has 1 aliphatic carbocycles. The molecule has 0 spiro atoms. The van der Waals surface area contributed by atoms with Crippen molar-refractivity contribution in [1.82, 2.24) is 9.97 Å². The van der Waals surface area contributed by atoms with Gasteiger partial charge in [0.05, 0.1) is 0 Å². The van der Waals surface area contributed by atoms with E-state index in [2.05, 4.69) is 21.4 Å². The number of rotatable bonds is 3. The number of hydrogen-bond acceptors (Lipinski definition) is 4. The summed E-state index contributed by atoms with van der Waals surface area (Å²) in [7, 11) is 0. The summed E-state index contributed by atoms with van der Waals surface area (Å²) >= 11 is 1.56. The van der Waals surface area contributed by atoms with Gasteiger partial charge in [-0.1, -0.05) is 24.6 Å². The lowest BCUT2D eigenvalue weighted by Crippen LogP contribution is -2.15. The van der Waals surface area contributed by atoms with Crippen molar-refractivity contribution in [3.63, 3.8) is 0 Å². The fourth-order valence-electron chi connectivity index (χ4n) is 1.74. The summed E-state index contributed by atoms with van der Waals surface area (Å²) in [6.07, 6.45) is 8.85. The fraction of sp³-hybridized carbons (Fsp3) is 0.600. The maximum atomic E-state index is 4.34. The molecule has 4 heteroatoms. The molecule has 1 heterocycles. The maximum Gasteiger partial charge on any atom is 0.189 e. The molecule has 1 aliphatic rings. The van der Waals surface area contributed by atoms with Gasteiger partial charge in [-0.3, -0.25) is 0 Å². The van der Waals surface area contributed by atoms with Crippen molar-refractivity contribution in [1.29, 1.82) is 0 Å². The van der Waals surface area contributed by atoms with Gasteiger partial charge in [-0.15, -0.1) is 0 Å².